The van der Waals surface area contributed by atoms with Gasteiger partial charge in [0.1, 0.15) is 5.76 Å². The summed E-state index contributed by atoms with van der Waals surface area (Å²) in [5.74, 6) is 1.14. The lowest BCUT2D eigenvalue weighted by Crippen LogP contribution is -2.06. The zero-order chi connectivity index (χ0) is 12.8. The summed E-state index contributed by atoms with van der Waals surface area (Å²) < 4.78 is 17.2. The van der Waals surface area contributed by atoms with Crippen LogP contribution < -0.4 is 0 Å². The van der Waals surface area contributed by atoms with E-state index in [4.69, 9.17) is 4.74 Å². The molecule has 0 saturated carbocycles. The molecule has 0 amide bonds. The molecule has 0 aromatic heterocycles. The van der Waals surface area contributed by atoms with Crippen molar-refractivity contribution in [2.45, 2.75) is 12.8 Å². The van der Waals surface area contributed by atoms with Crippen molar-refractivity contribution in [2.24, 2.45) is 5.92 Å². The van der Waals surface area contributed by atoms with Crippen LogP contribution in [0.1, 0.15) is 18.4 Å². The SMILES string of the molecule is CC(c1ccccc1)C1C=CC=CC(OCF)=C1. The second-order valence-corrected chi connectivity index (χ2v) is 4.34. The van der Waals surface area contributed by atoms with E-state index in [1.165, 1.54) is 5.56 Å². The van der Waals surface area contributed by atoms with E-state index < -0.39 is 6.86 Å². The molecule has 1 nitrogen and oxygen atoms in total. The minimum Gasteiger partial charge on any atom is -0.463 e. The van der Waals surface area contributed by atoms with Crippen molar-refractivity contribution >= 4 is 0 Å². The van der Waals surface area contributed by atoms with Crippen molar-refractivity contribution in [3.05, 3.63) is 72.0 Å². The Bertz CT molecular complexity index is 459. The van der Waals surface area contributed by atoms with Gasteiger partial charge in [-0.1, -0.05) is 55.5 Å². The summed E-state index contributed by atoms with van der Waals surface area (Å²) in [5.41, 5.74) is 1.27. The van der Waals surface area contributed by atoms with Crippen LogP contribution in [0.25, 0.3) is 0 Å². The number of allylic oxidation sites excluding steroid dienone is 5. The number of rotatable bonds is 4. The van der Waals surface area contributed by atoms with E-state index in [0.29, 0.717) is 11.7 Å². The number of alkyl halides is 1. The van der Waals surface area contributed by atoms with E-state index in [9.17, 15) is 4.39 Å². The van der Waals surface area contributed by atoms with Crippen molar-refractivity contribution in [1.29, 1.82) is 0 Å². The lowest BCUT2D eigenvalue weighted by molar-refractivity contribution is 0.122. The number of halogens is 1. The first-order chi connectivity index (χ1) is 8.81. The molecule has 0 bridgehead atoms. The zero-order valence-corrected chi connectivity index (χ0v) is 10.4. The highest BCUT2D eigenvalue weighted by Gasteiger charge is 2.16. The predicted molar refractivity (Wildman–Crippen MR) is 71.8 cm³/mol. The van der Waals surface area contributed by atoms with Crippen LogP contribution in [-0.2, 0) is 4.74 Å². The van der Waals surface area contributed by atoms with Gasteiger partial charge in [0.05, 0.1) is 0 Å². The summed E-state index contributed by atoms with van der Waals surface area (Å²) >= 11 is 0. The molecule has 0 heterocycles. The first-order valence-electron chi connectivity index (χ1n) is 6.11. The van der Waals surface area contributed by atoms with Crippen LogP contribution in [0.3, 0.4) is 0 Å². The first kappa shape index (κ1) is 12.6. The summed E-state index contributed by atoms with van der Waals surface area (Å²) in [5, 5.41) is 0. The van der Waals surface area contributed by atoms with Crippen LogP contribution in [0.4, 0.5) is 4.39 Å². The first-order valence-corrected chi connectivity index (χ1v) is 6.11. The summed E-state index contributed by atoms with van der Waals surface area (Å²) in [6.07, 6.45) is 9.72. The van der Waals surface area contributed by atoms with E-state index in [0.717, 1.165) is 0 Å². The molecule has 0 saturated heterocycles. The molecular formula is C16H17FO. The maximum atomic E-state index is 12.2. The number of ether oxygens (including phenoxy) is 1. The van der Waals surface area contributed by atoms with Crippen molar-refractivity contribution in [3.63, 3.8) is 0 Å². The average molecular weight is 244 g/mol. The standard InChI is InChI=1S/C16H17FO/c1-13(14-7-3-2-4-8-14)15-9-5-6-10-16(11-15)18-12-17/h2-11,13,15H,12H2,1H3. The van der Waals surface area contributed by atoms with E-state index in [1.54, 1.807) is 6.08 Å². The van der Waals surface area contributed by atoms with Crippen molar-refractivity contribution < 1.29 is 9.13 Å². The largest absolute Gasteiger partial charge is 0.463 e. The number of hydrogen-bond donors (Lipinski definition) is 0. The molecule has 0 N–H and O–H groups in total. The lowest BCUT2D eigenvalue weighted by Gasteiger charge is -2.18. The quantitative estimate of drug-likeness (QED) is 0.764. The number of hydrogen-bond acceptors (Lipinski definition) is 1. The molecular weight excluding hydrogens is 227 g/mol. The van der Waals surface area contributed by atoms with Gasteiger partial charge in [0.25, 0.3) is 0 Å². The average Bonchev–Trinajstić information content (AvgIpc) is 2.65. The Hall–Kier alpha value is -1.83. The third-order valence-electron chi connectivity index (χ3n) is 3.19. The van der Waals surface area contributed by atoms with E-state index in [1.807, 2.05) is 36.4 Å². The van der Waals surface area contributed by atoms with Crippen molar-refractivity contribution in [1.82, 2.24) is 0 Å². The molecule has 2 rings (SSSR count). The maximum Gasteiger partial charge on any atom is 0.228 e. The van der Waals surface area contributed by atoms with Gasteiger partial charge in [0.15, 0.2) is 0 Å². The molecule has 18 heavy (non-hydrogen) atoms. The highest BCUT2D eigenvalue weighted by atomic mass is 19.1. The Balaban J connectivity index is 2.19. The molecule has 0 fully saturated rings. The highest BCUT2D eigenvalue weighted by Crippen LogP contribution is 2.28. The van der Waals surface area contributed by atoms with E-state index in [2.05, 4.69) is 25.1 Å². The molecule has 2 atom stereocenters. The normalized spacial score (nSPS) is 20.1. The van der Waals surface area contributed by atoms with Gasteiger partial charge in [-0.25, -0.2) is 4.39 Å². The minimum atomic E-state index is -0.789. The fourth-order valence-electron chi connectivity index (χ4n) is 2.09. The molecule has 1 aromatic carbocycles. The predicted octanol–water partition coefficient (Wildman–Crippen LogP) is 4.36. The third-order valence-corrected chi connectivity index (χ3v) is 3.19. The fraction of sp³-hybridized carbons (Fsp3) is 0.250. The van der Waals surface area contributed by atoms with Crippen molar-refractivity contribution in [3.8, 4) is 0 Å². The van der Waals surface area contributed by atoms with E-state index >= 15 is 0 Å². The molecule has 2 unspecified atom stereocenters. The second kappa shape index (κ2) is 6.20. The smallest absolute Gasteiger partial charge is 0.228 e. The Morgan fingerprint density at radius 2 is 2.00 bits per heavy atom. The van der Waals surface area contributed by atoms with Gasteiger partial charge in [0.2, 0.25) is 6.86 Å². The van der Waals surface area contributed by atoms with Crippen LogP contribution in [0.5, 0.6) is 0 Å². The third kappa shape index (κ3) is 3.10. The number of benzene rings is 1. The topological polar surface area (TPSA) is 9.23 Å². The van der Waals surface area contributed by atoms with Crippen LogP contribution in [-0.4, -0.2) is 6.86 Å². The lowest BCUT2D eigenvalue weighted by atomic mass is 9.87. The van der Waals surface area contributed by atoms with E-state index in [-0.39, 0.29) is 5.92 Å². The molecule has 0 aliphatic heterocycles. The Labute approximate surface area is 107 Å². The van der Waals surface area contributed by atoms with Crippen LogP contribution in [0.2, 0.25) is 0 Å². The monoisotopic (exact) mass is 244 g/mol. The van der Waals surface area contributed by atoms with Gasteiger partial charge in [-0.05, 0) is 23.6 Å². The van der Waals surface area contributed by atoms with Gasteiger partial charge < -0.3 is 4.74 Å². The minimum absolute atomic E-state index is 0.212. The molecule has 0 spiro atoms. The van der Waals surface area contributed by atoms with Crippen LogP contribution >= 0.6 is 0 Å². The maximum absolute atomic E-state index is 12.2. The Morgan fingerprint density at radius 1 is 1.22 bits per heavy atom. The fourth-order valence-corrected chi connectivity index (χ4v) is 2.09. The molecule has 1 aromatic rings. The molecule has 1 aliphatic carbocycles. The Kier molecular flexibility index (Phi) is 4.35. The Morgan fingerprint density at radius 3 is 2.72 bits per heavy atom. The van der Waals surface area contributed by atoms with Gasteiger partial charge in [0, 0.05) is 5.92 Å². The summed E-state index contributed by atoms with van der Waals surface area (Å²) in [6, 6.07) is 10.3. The van der Waals surface area contributed by atoms with Crippen LogP contribution in [0, 0.1) is 5.92 Å². The summed E-state index contributed by atoms with van der Waals surface area (Å²) in [4.78, 5) is 0. The molecule has 0 radical (unpaired) electrons. The highest BCUT2D eigenvalue weighted by molar-refractivity contribution is 5.29. The van der Waals surface area contributed by atoms with Gasteiger partial charge >= 0.3 is 0 Å². The second-order valence-electron chi connectivity index (χ2n) is 4.34. The van der Waals surface area contributed by atoms with Gasteiger partial charge in [-0.2, -0.15) is 0 Å². The van der Waals surface area contributed by atoms with Gasteiger partial charge in [-0.15, -0.1) is 0 Å². The van der Waals surface area contributed by atoms with Crippen LogP contribution in [0.15, 0.2) is 66.5 Å². The molecule has 94 valence electrons. The van der Waals surface area contributed by atoms with Crippen molar-refractivity contribution in [2.75, 3.05) is 6.86 Å². The van der Waals surface area contributed by atoms with Gasteiger partial charge in [-0.3, -0.25) is 0 Å². The molecule has 2 heteroatoms. The zero-order valence-electron chi connectivity index (χ0n) is 10.4. The summed E-state index contributed by atoms with van der Waals surface area (Å²) in [7, 11) is 0. The summed E-state index contributed by atoms with van der Waals surface area (Å²) in [6.45, 7) is 1.38. The molecule has 1 aliphatic rings.